The van der Waals surface area contributed by atoms with Crippen molar-refractivity contribution in [3.8, 4) is 6.07 Å². The second-order valence-corrected chi connectivity index (χ2v) is 3.94. The smallest absolute Gasteiger partial charge is 0.126 e. The van der Waals surface area contributed by atoms with E-state index in [1.807, 2.05) is 30.3 Å². The first-order chi connectivity index (χ1) is 8.67. The highest BCUT2D eigenvalue weighted by atomic mass is 19.1. The quantitative estimate of drug-likeness (QED) is 0.812. The summed E-state index contributed by atoms with van der Waals surface area (Å²) < 4.78 is 13.2. The maximum atomic E-state index is 13.2. The van der Waals surface area contributed by atoms with Gasteiger partial charge in [0.05, 0.1) is 11.6 Å². The predicted molar refractivity (Wildman–Crippen MR) is 69.3 cm³/mol. The number of nitrogen functional groups attached to an aromatic ring is 1. The number of nitrogens with zero attached hydrogens (tertiary/aromatic N) is 1. The Kier molecular flexibility index (Phi) is 3.44. The van der Waals surface area contributed by atoms with Crippen molar-refractivity contribution in [2.75, 3.05) is 11.1 Å². The molecule has 0 aliphatic carbocycles. The molecule has 4 heteroatoms. The van der Waals surface area contributed by atoms with Crippen molar-refractivity contribution >= 4 is 11.4 Å². The summed E-state index contributed by atoms with van der Waals surface area (Å²) in [5, 5.41) is 11.8. The van der Waals surface area contributed by atoms with Crippen LogP contribution in [0.2, 0.25) is 0 Å². The van der Waals surface area contributed by atoms with Crippen LogP contribution in [-0.2, 0) is 6.54 Å². The van der Waals surface area contributed by atoms with Gasteiger partial charge in [-0.1, -0.05) is 12.1 Å². The number of hydrogen-bond acceptors (Lipinski definition) is 3. The van der Waals surface area contributed by atoms with E-state index in [-0.39, 0.29) is 0 Å². The maximum Gasteiger partial charge on any atom is 0.126 e. The molecule has 3 N–H and O–H groups in total. The average molecular weight is 241 g/mol. The fourth-order valence-electron chi connectivity index (χ4n) is 1.60. The Labute approximate surface area is 105 Å². The summed E-state index contributed by atoms with van der Waals surface area (Å²) in [7, 11) is 0. The topological polar surface area (TPSA) is 61.8 Å². The van der Waals surface area contributed by atoms with Gasteiger partial charge >= 0.3 is 0 Å². The number of benzene rings is 2. The van der Waals surface area contributed by atoms with Gasteiger partial charge in [0.1, 0.15) is 5.82 Å². The molecule has 90 valence electrons. The van der Waals surface area contributed by atoms with Gasteiger partial charge < -0.3 is 11.1 Å². The standard InChI is InChI=1S/C14H12FN3/c15-12-5-11(8-16)6-14(7-12)18-9-10-1-3-13(17)4-2-10/h1-7,18H,9,17H2. The summed E-state index contributed by atoms with van der Waals surface area (Å²) in [6.45, 7) is 0.550. The van der Waals surface area contributed by atoms with Gasteiger partial charge in [-0.05, 0) is 35.9 Å². The van der Waals surface area contributed by atoms with Crippen molar-refractivity contribution < 1.29 is 4.39 Å². The molecule has 18 heavy (non-hydrogen) atoms. The van der Waals surface area contributed by atoms with E-state index in [1.165, 1.54) is 12.1 Å². The zero-order valence-corrected chi connectivity index (χ0v) is 9.65. The molecule has 0 aromatic heterocycles. The minimum absolute atomic E-state index is 0.301. The van der Waals surface area contributed by atoms with Crippen LogP contribution in [0.4, 0.5) is 15.8 Å². The van der Waals surface area contributed by atoms with Crippen molar-refractivity contribution in [2.24, 2.45) is 0 Å². The van der Waals surface area contributed by atoms with Gasteiger partial charge in [0, 0.05) is 17.9 Å². The van der Waals surface area contributed by atoms with Crippen LogP contribution >= 0.6 is 0 Å². The average Bonchev–Trinajstić information content (AvgIpc) is 2.37. The minimum atomic E-state index is -0.422. The Bertz CT molecular complexity index is 585. The van der Waals surface area contributed by atoms with Crippen LogP contribution in [0.3, 0.4) is 0 Å². The Morgan fingerprint density at radius 2 is 1.89 bits per heavy atom. The Hall–Kier alpha value is -2.54. The fourth-order valence-corrected chi connectivity index (χ4v) is 1.60. The molecule has 0 bridgehead atoms. The third kappa shape index (κ3) is 2.98. The van der Waals surface area contributed by atoms with Crippen molar-refractivity contribution in [2.45, 2.75) is 6.54 Å². The largest absolute Gasteiger partial charge is 0.399 e. The molecule has 0 saturated carbocycles. The van der Waals surface area contributed by atoms with Crippen LogP contribution in [0.25, 0.3) is 0 Å². The van der Waals surface area contributed by atoms with E-state index in [2.05, 4.69) is 5.32 Å². The second kappa shape index (κ2) is 5.19. The van der Waals surface area contributed by atoms with Crippen LogP contribution in [0.1, 0.15) is 11.1 Å². The summed E-state index contributed by atoms with van der Waals surface area (Å²) >= 11 is 0. The Morgan fingerprint density at radius 1 is 1.17 bits per heavy atom. The monoisotopic (exact) mass is 241 g/mol. The van der Waals surface area contributed by atoms with Gasteiger partial charge in [-0.3, -0.25) is 0 Å². The molecule has 3 nitrogen and oxygen atoms in total. The van der Waals surface area contributed by atoms with E-state index in [0.29, 0.717) is 23.5 Å². The number of halogens is 1. The first-order valence-corrected chi connectivity index (χ1v) is 5.46. The van der Waals surface area contributed by atoms with E-state index in [4.69, 9.17) is 11.0 Å². The summed E-state index contributed by atoms with van der Waals surface area (Å²) in [6.07, 6.45) is 0. The minimum Gasteiger partial charge on any atom is -0.399 e. The van der Waals surface area contributed by atoms with Crippen molar-refractivity contribution in [1.29, 1.82) is 5.26 Å². The van der Waals surface area contributed by atoms with Crippen molar-refractivity contribution in [3.63, 3.8) is 0 Å². The fraction of sp³-hybridized carbons (Fsp3) is 0.0714. The van der Waals surface area contributed by atoms with Crippen LogP contribution in [0.5, 0.6) is 0 Å². The number of hydrogen-bond donors (Lipinski definition) is 2. The number of anilines is 2. The van der Waals surface area contributed by atoms with Gasteiger partial charge in [0.2, 0.25) is 0 Å². The van der Waals surface area contributed by atoms with E-state index >= 15 is 0 Å². The first kappa shape index (κ1) is 11.9. The van der Waals surface area contributed by atoms with Gasteiger partial charge in [-0.2, -0.15) is 5.26 Å². The molecule has 0 aliphatic heterocycles. The van der Waals surface area contributed by atoms with E-state index < -0.39 is 5.82 Å². The Morgan fingerprint density at radius 3 is 2.56 bits per heavy atom. The lowest BCUT2D eigenvalue weighted by atomic mass is 10.2. The van der Waals surface area contributed by atoms with Crippen LogP contribution in [0.15, 0.2) is 42.5 Å². The van der Waals surface area contributed by atoms with Crippen molar-refractivity contribution in [3.05, 3.63) is 59.4 Å². The molecule has 2 aromatic carbocycles. The number of rotatable bonds is 3. The molecular formula is C14H12FN3. The number of nitrogens with one attached hydrogen (secondary N) is 1. The highest BCUT2D eigenvalue weighted by molar-refractivity contribution is 5.50. The predicted octanol–water partition coefficient (Wildman–Crippen LogP) is 2.89. The van der Waals surface area contributed by atoms with Gasteiger partial charge in [0.25, 0.3) is 0 Å². The van der Waals surface area contributed by atoms with Gasteiger partial charge in [0.15, 0.2) is 0 Å². The molecule has 0 fully saturated rings. The normalized spacial score (nSPS) is 9.78. The molecule has 0 unspecified atom stereocenters. The molecule has 0 heterocycles. The summed E-state index contributed by atoms with van der Waals surface area (Å²) in [5.74, 6) is -0.422. The third-order valence-electron chi connectivity index (χ3n) is 2.50. The first-order valence-electron chi connectivity index (χ1n) is 5.46. The molecule has 2 rings (SSSR count). The lowest BCUT2D eigenvalue weighted by Gasteiger charge is -2.07. The number of nitriles is 1. The summed E-state index contributed by atoms with van der Waals surface area (Å²) in [6, 6.07) is 13.5. The molecular weight excluding hydrogens is 229 g/mol. The van der Waals surface area contributed by atoms with E-state index in [1.54, 1.807) is 6.07 Å². The number of nitrogens with two attached hydrogens (primary N) is 1. The van der Waals surface area contributed by atoms with Crippen LogP contribution in [0, 0.1) is 17.1 Å². The molecule has 0 atom stereocenters. The molecule has 2 aromatic rings. The van der Waals surface area contributed by atoms with Crippen LogP contribution in [-0.4, -0.2) is 0 Å². The molecule has 0 radical (unpaired) electrons. The molecule has 0 aliphatic rings. The van der Waals surface area contributed by atoms with E-state index in [0.717, 1.165) is 5.56 Å². The maximum absolute atomic E-state index is 13.2. The highest BCUT2D eigenvalue weighted by Gasteiger charge is 2.00. The summed E-state index contributed by atoms with van der Waals surface area (Å²) in [4.78, 5) is 0. The van der Waals surface area contributed by atoms with Crippen LogP contribution < -0.4 is 11.1 Å². The lowest BCUT2D eigenvalue weighted by molar-refractivity contribution is 0.627. The van der Waals surface area contributed by atoms with Crippen molar-refractivity contribution in [1.82, 2.24) is 0 Å². The van der Waals surface area contributed by atoms with Gasteiger partial charge in [-0.15, -0.1) is 0 Å². The highest BCUT2D eigenvalue weighted by Crippen LogP contribution is 2.15. The summed E-state index contributed by atoms with van der Waals surface area (Å²) in [5.41, 5.74) is 8.21. The lowest BCUT2D eigenvalue weighted by Crippen LogP contribution is -2.00. The molecule has 0 saturated heterocycles. The van der Waals surface area contributed by atoms with Gasteiger partial charge in [-0.25, -0.2) is 4.39 Å². The SMILES string of the molecule is N#Cc1cc(F)cc(NCc2ccc(N)cc2)c1. The zero-order valence-electron chi connectivity index (χ0n) is 9.65. The Balaban J connectivity index is 2.08. The van der Waals surface area contributed by atoms with E-state index in [9.17, 15) is 4.39 Å². The zero-order chi connectivity index (χ0) is 13.0. The second-order valence-electron chi connectivity index (χ2n) is 3.94. The molecule has 0 amide bonds. The molecule has 0 spiro atoms. The third-order valence-corrected chi connectivity index (χ3v) is 2.50.